The first kappa shape index (κ1) is 13.6. The molecular formula is C14H11NO5S. The fourth-order valence-corrected chi connectivity index (χ4v) is 3.79. The Morgan fingerprint density at radius 2 is 1.90 bits per heavy atom. The number of benzene rings is 1. The van der Waals surface area contributed by atoms with E-state index in [2.05, 4.69) is 0 Å². The van der Waals surface area contributed by atoms with Gasteiger partial charge in [-0.15, -0.1) is 0 Å². The molecule has 0 aliphatic carbocycles. The number of Topliss-reactive ketones (excluding diaryl/α,β-unsaturated/α-hetero) is 1. The van der Waals surface area contributed by atoms with Crippen molar-refractivity contribution in [1.29, 1.82) is 0 Å². The van der Waals surface area contributed by atoms with Crippen LogP contribution in [0, 0.1) is 0 Å². The lowest BCUT2D eigenvalue weighted by Gasteiger charge is -2.13. The number of sulfonamides is 1. The van der Waals surface area contributed by atoms with E-state index < -0.39 is 15.9 Å². The number of nitrogens with zero attached hydrogens (tertiary/aromatic N) is 1. The highest BCUT2D eigenvalue weighted by molar-refractivity contribution is 7.90. The Hall–Kier alpha value is -2.41. The minimum Gasteiger partial charge on any atom is -0.461 e. The first-order valence-corrected chi connectivity index (χ1v) is 7.68. The zero-order valence-electron chi connectivity index (χ0n) is 10.9. The maximum Gasteiger partial charge on any atom is 0.269 e. The molecule has 21 heavy (non-hydrogen) atoms. The number of fused-ring (bicyclic) bond motifs is 1. The molecule has 0 spiro atoms. The Morgan fingerprint density at radius 1 is 1.14 bits per heavy atom. The quantitative estimate of drug-likeness (QED) is 0.803. The van der Waals surface area contributed by atoms with Gasteiger partial charge in [-0.2, -0.15) is 0 Å². The molecule has 1 aliphatic rings. The lowest BCUT2D eigenvalue weighted by atomic mass is 10.2. The molecule has 0 N–H and O–H groups in total. The third-order valence-electron chi connectivity index (χ3n) is 3.25. The van der Waals surface area contributed by atoms with Gasteiger partial charge in [-0.3, -0.25) is 9.59 Å². The molecule has 2 heterocycles. The number of amides is 1. The summed E-state index contributed by atoms with van der Waals surface area (Å²) in [5, 5.41) is 0. The van der Waals surface area contributed by atoms with Crippen molar-refractivity contribution in [2.45, 2.75) is 11.3 Å². The number of hydrogen-bond donors (Lipinski definition) is 0. The molecule has 1 aliphatic heterocycles. The van der Waals surface area contributed by atoms with Crippen molar-refractivity contribution in [1.82, 2.24) is 4.31 Å². The van der Waals surface area contributed by atoms with Crippen LogP contribution in [0.2, 0.25) is 0 Å². The Labute approximate surface area is 121 Å². The Bertz CT molecular complexity index is 808. The van der Waals surface area contributed by atoms with Crippen molar-refractivity contribution in [3.05, 3.63) is 54.0 Å². The standard InChI is InChI=1S/C14H11NO5S/c16-11(12-5-3-9-20-12)7-8-15-14(17)10-4-1-2-6-13(10)21(15,18)19/h1-6,9H,7-8H2. The molecule has 0 fully saturated rings. The largest absolute Gasteiger partial charge is 0.461 e. The summed E-state index contributed by atoms with van der Waals surface area (Å²) in [5.41, 5.74) is 0.142. The lowest BCUT2D eigenvalue weighted by molar-refractivity contribution is 0.0855. The van der Waals surface area contributed by atoms with Crippen molar-refractivity contribution in [3.63, 3.8) is 0 Å². The first-order valence-electron chi connectivity index (χ1n) is 6.24. The van der Waals surface area contributed by atoms with E-state index in [0.717, 1.165) is 4.31 Å². The molecule has 1 amide bonds. The molecule has 0 saturated heterocycles. The Kier molecular flexibility index (Phi) is 3.13. The van der Waals surface area contributed by atoms with Crippen LogP contribution in [0.4, 0.5) is 0 Å². The molecular weight excluding hydrogens is 294 g/mol. The smallest absolute Gasteiger partial charge is 0.269 e. The second-order valence-corrected chi connectivity index (χ2v) is 6.36. The fraction of sp³-hybridized carbons (Fsp3) is 0.143. The molecule has 108 valence electrons. The van der Waals surface area contributed by atoms with E-state index in [1.165, 1.54) is 24.5 Å². The molecule has 2 aromatic rings. The summed E-state index contributed by atoms with van der Waals surface area (Å²) in [5.74, 6) is -0.798. The van der Waals surface area contributed by atoms with E-state index in [1.54, 1.807) is 18.2 Å². The maximum atomic E-state index is 12.3. The van der Waals surface area contributed by atoms with Crippen molar-refractivity contribution in [3.8, 4) is 0 Å². The topological polar surface area (TPSA) is 84.7 Å². The van der Waals surface area contributed by atoms with Gasteiger partial charge in [-0.25, -0.2) is 12.7 Å². The minimum atomic E-state index is -3.86. The highest BCUT2D eigenvalue weighted by Crippen LogP contribution is 2.30. The van der Waals surface area contributed by atoms with Gasteiger partial charge in [0.05, 0.1) is 11.8 Å². The molecule has 1 aromatic carbocycles. The van der Waals surface area contributed by atoms with Gasteiger partial charge in [-0.05, 0) is 24.3 Å². The summed E-state index contributed by atoms with van der Waals surface area (Å²) in [7, 11) is -3.86. The molecule has 0 radical (unpaired) electrons. The third kappa shape index (κ3) is 2.15. The van der Waals surface area contributed by atoms with Crippen molar-refractivity contribution >= 4 is 21.7 Å². The van der Waals surface area contributed by atoms with Crippen LogP contribution in [0.5, 0.6) is 0 Å². The zero-order chi connectivity index (χ0) is 15.0. The Balaban J connectivity index is 1.82. The zero-order valence-corrected chi connectivity index (χ0v) is 11.7. The summed E-state index contributed by atoms with van der Waals surface area (Å²) in [4.78, 5) is 23.9. The van der Waals surface area contributed by atoms with Crippen LogP contribution in [0.15, 0.2) is 52.0 Å². The second kappa shape index (κ2) is 4.85. The highest BCUT2D eigenvalue weighted by Gasteiger charge is 2.40. The SMILES string of the molecule is O=C(CCN1C(=O)c2ccccc2S1(=O)=O)c1ccco1. The summed E-state index contributed by atoms with van der Waals surface area (Å²) in [6.45, 7) is -0.199. The summed E-state index contributed by atoms with van der Waals surface area (Å²) in [6, 6.07) is 9.07. The normalized spacial score (nSPS) is 16.0. The Morgan fingerprint density at radius 3 is 2.57 bits per heavy atom. The van der Waals surface area contributed by atoms with Crippen molar-refractivity contribution < 1.29 is 22.4 Å². The van der Waals surface area contributed by atoms with Crippen LogP contribution in [0.3, 0.4) is 0 Å². The van der Waals surface area contributed by atoms with Gasteiger partial charge in [-0.1, -0.05) is 12.1 Å². The molecule has 0 bridgehead atoms. The monoisotopic (exact) mass is 305 g/mol. The van der Waals surface area contributed by atoms with Gasteiger partial charge >= 0.3 is 0 Å². The van der Waals surface area contributed by atoms with E-state index >= 15 is 0 Å². The number of carbonyl (C=O) groups is 2. The van der Waals surface area contributed by atoms with Gasteiger partial charge in [0.15, 0.2) is 11.5 Å². The average Bonchev–Trinajstić information content (AvgIpc) is 3.06. The van der Waals surface area contributed by atoms with Gasteiger partial charge in [0, 0.05) is 13.0 Å². The summed E-state index contributed by atoms with van der Waals surface area (Å²) in [6.07, 6.45) is 1.24. The number of hydrogen-bond acceptors (Lipinski definition) is 5. The van der Waals surface area contributed by atoms with Gasteiger partial charge in [0.1, 0.15) is 4.90 Å². The number of rotatable bonds is 4. The second-order valence-electron chi connectivity index (χ2n) is 4.53. The number of carbonyl (C=O) groups excluding carboxylic acids is 2. The van der Waals surface area contributed by atoms with Crippen LogP contribution in [0.25, 0.3) is 0 Å². The molecule has 3 rings (SSSR count). The fourth-order valence-electron chi connectivity index (χ4n) is 2.22. The molecule has 0 unspecified atom stereocenters. The third-order valence-corrected chi connectivity index (χ3v) is 5.09. The minimum absolute atomic E-state index is 0.0135. The summed E-state index contributed by atoms with van der Waals surface area (Å²) < 4.78 is 30.2. The van der Waals surface area contributed by atoms with E-state index in [1.807, 2.05) is 0 Å². The van der Waals surface area contributed by atoms with E-state index in [9.17, 15) is 18.0 Å². The number of ketones is 1. The molecule has 6 nitrogen and oxygen atoms in total. The molecule has 7 heteroatoms. The molecule has 0 saturated carbocycles. The van der Waals surface area contributed by atoms with Crippen LogP contribution in [-0.2, 0) is 10.0 Å². The van der Waals surface area contributed by atoms with Gasteiger partial charge in [0.25, 0.3) is 15.9 Å². The van der Waals surface area contributed by atoms with Crippen LogP contribution < -0.4 is 0 Å². The van der Waals surface area contributed by atoms with Gasteiger partial charge in [0.2, 0.25) is 0 Å². The van der Waals surface area contributed by atoms with Crippen molar-refractivity contribution in [2.75, 3.05) is 6.54 Å². The predicted octanol–water partition coefficient (Wildman–Crippen LogP) is 1.70. The first-order chi connectivity index (χ1) is 10.0. The molecule has 0 atom stereocenters. The van der Waals surface area contributed by atoms with Crippen molar-refractivity contribution in [2.24, 2.45) is 0 Å². The highest BCUT2D eigenvalue weighted by atomic mass is 32.2. The summed E-state index contributed by atoms with van der Waals surface area (Å²) >= 11 is 0. The predicted molar refractivity (Wildman–Crippen MR) is 72.3 cm³/mol. The van der Waals surface area contributed by atoms with E-state index in [-0.39, 0.29) is 35.0 Å². The van der Waals surface area contributed by atoms with Crippen LogP contribution in [-0.4, -0.2) is 31.0 Å². The van der Waals surface area contributed by atoms with E-state index in [0.29, 0.717) is 0 Å². The van der Waals surface area contributed by atoms with Crippen LogP contribution >= 0.6 is 0 Å². The van der Waals surface area contributed by atoms with E-state index in [4.69, 9.17) is 4.42 Å². The maximum absolute atomic E-state index is 12.3. The average molecular weight is 305 g/mol. The van der Waals surface area contributed by atoms with Crippen LogP contribution in [0.1, 0.15) is 27.3 Å². The van der Waals surface area contributed by atoms with Gasteiger partial charge < -0.3 is 4.42 Å². The molecule has 1 aromatic heterocycles. The lowest BCUT2D eigenvalue weighted by Crippen LogP contribution is -2.32. The number of furan rings is 1.